The first-order valence-electron chi connectivity index (χ1n) is 2.48. The van der Waals surface area contributed by atoms with Crippen molar-refractivity contribution in [3.8, 4) is 0 Å². The molecule has 8 heavy (non-hydrogen) atoms. The molecule has 0 aliphatic rings. The van der Waals surface area contributed by atoms with Gasteiger partial charge >= 0.3 is 0 Å². The minimum Gasteiger partial charge on any atom is -0.393 e. The number of hydrogen-bond acceptors (Lipinski definition) is 1. The normalized spacial score (nSPS) is 16.1. The van der Waals surface area contributed by atoms with Crippen LogP contribution in [-0.2, 0) is 0 Å². The highest BCUT2D eigenvalue weighted by Gasteiger charge is 2.18. The lowest BCUT2D eigenvalue weighted by Crippen LogP contribution is -2.14. The van der Waals surface area contributed by atoms with Crippen LogP contribution in [0.2, 0.25) is 0 Å². The van der Waals surface area contributed by atoms with Gasteiger partial charge in [0.05, 0.1) is 6.10 Å². The largest absolute Gasteiger partial charge is 0.393 e. The Morgan fingerprint density at radius 1 is 1.62 bits per heavy atom. The molecule has 0 saturated heterocycles. The molecule has 1 unspecified atom stereocenters. The topological polar surface area (TPSA) is 20.2 Å². The van der Waals surface area contributed by atoms with Gasteiger partial charge in [-0.05, 0) is 13.8 Å². The monoisotopic (exact) mass is 156 g/mol. The Kier molecular flexibility index (Phi) is 3.10. The lowest BCUT2D eigenvalue weighted by molar-refractivity contribution is 0.180. The van der Waals surface area contributed by atoms with Gasteiger partial charge in [0, 0.05) is 6.42 Å². The molecule has 0 fully saturated rings. The first-order valence-corrected chi connectivity index (χ1v) is 3.23. The molecule has 0 heterocycles. The Bertz CT molecular complexity index is 65.3. The van der Waals surface area contributed by atoms with Gasteiger partial charge in [-0.1, -0.05) is 0 Å². The van der Waals surface area contributed by atoms with E-state index in [0.717, 1.165) is 0 Å². The van der Waals surface area contributed by atoms with Crippen molar-refractivity contribution < 1.29 is 5.11 Å². The van der Waals surface area contributed by atoms with Gasteiger partial charge in [0.1, 0.15) is 4.33 Å². The van der Waals surface area contributed by atoms with Crippen LogP contribution in [0.3, 0.4) is 0 Å². The summed E-state index contributed by atoms with van der Waals surface area (Å²) in [5.41, 5.74) is 0. The highest BCUT2D eigenvalue weighted by Crippen LogP contribution is 2.25. The predicted octanol–water partition coefficient (Wildman–Crippen LogP) is 1.95. The second kappa shape index (κ2) is 2.90. The molecule has 0 radical (unpaired) electrons. The quantitative estimate of drug-likeness (QED) is 0.607. The Labute approximate surface area is 59.6 Å². The summed E-state index contributed by atoms with van der Waals surface area (Å²) in [6, 6.07) is 0. The van der Waals surface area contributed by atoms with Gasteiger partial charge in [0.25, 0.3) is 0 Å². The molecule has 0 saturated carbocycles. The van der Waals surface area contributed by atoms with Crippen LogP contribution in [0.5, 0.6) is 0 Å². The van der Waals surface area contributed by atoms with Crippen molar-refractivity contribution in [2.75, 3.05) is 0 Å². The summed E-state index contributed by atoms with van der Waals surface area (Å²) in [5, 5.41) is 8.72. The zero-order valence-corrected chi connectivity index (χ0v) is 6.50. The number of aliphatic hydroxyl groups excluding tert-OH is 1. The van der Waals surface area contributed by atoms with Crippen molar-refractivity contribution in [3.63, 3.8) is 0 Å². The van der Waals surface area contributed by atoms with Crippen LogP contribution in [0.15, 0.2) is 0 Å². The fraction of sp³-hybridized carbons (Fsp3) is 1.00. The first kappa shape index (κ1) is 8.54. The van der Waals surface area contributed by atoms with E-state index in [1.54, 1.807) is 13.8 Å². The molecule has 0 spiro atoms. The van der Waals surface area contributed by atoms with E-state index in [-0.39, 0.29) is 0 Å². The van der Waals surface area contributed by atoms with Crippen LogP contribution in [0, 0.1) is 0 Å². The highest BCUT2D eigenvalue weighted by atomic mass is 35.5. The summed E-state index contributed by atoms with van der Waals surface area (Å²) in [5.74, 6) is 0. The smallest absolute Gasteiger partial charge is 0.118 e. The third-order valence-electron chi connectivity index (χ3n) is 0.654. The molecule has 1 atom stereocenters. The van der Waals surface area contributed by atoms with Crippen LogP contribution >= 0.6 is 23.2 Å². The van der Waals surface area contributed by atoms with Crippen molar-refractivity contribution in [2.24, 2.45) is 0 Å². The van der Waals surface area contributed by atoms with E-state index in [2.05, 4.69) is 0 Å². The third kappa shape index (κ3) is 6.54. The number of rotatable bonds is 2. The molecule has 50 valence electrons. The standard InChI is InChI=1S/C5H10Cl2O/c1-4(8)3-5(2,6)7/h4,8H,3H2,1-2H3. The predicted molar refractivity (Wildman–Crippen MR) is 36.4 cm³/mol. The average Bonchev–Trinajstić information content (AvgIpc) is 1.21. The van der Waals surface area contributed by atoms with Gasteiger partial charge < -0.3 is 5.11 Å². The second-order valence-electron chi connectivity index (χ2n) is 2.12. The zero-order chi connectivity index (χ0) is 6.78. The number of alkyl halides is 2. The van der Waals surface area contributed by atoms with E-state index in [1.165, 1.54) is 0 Å². The van der Waals surface area contributed by atoms with Crippen molar-refractivity contribution in [1.82, 2.24) is 0 Å². The molecule has 0 amide bonds. The van der Waals surface area contributed by atoms with Crippen LogP contribution in [0.25, 0.3) is 0 Å². The summed E-state index contributed by atoms with van der Waals surface area (Å²) < 4.78 is -0.784. The van der Waals surface area contributed by atoms with Gasteiger partial charge in [0.2, 0.25) is 0 Å². The molecule has 0 aromatic carbocycles. The minimum absolute atomic E-state index is 0.413. The van der Waals surface area contributed by atoms with Gasteiger partial charge in [-0.15, -0.1) is 23.2 Å². The minimum atomic E-state index is -0.784. The Hall–Kier alpha value is 0.540. The summed E-state index contributed by atoms with van der Waals surface area (Å²) in [4.78, 5) is 0. The van der Waals surface area contributed by atoms with Crippen molar-refractivity contribution in [2.45, 2.75) is 30.7 Å². The molecule has 0 aliphatic carbocycles. The van der Waals surface area contributed by atoms with Gasteiger partial charge in [-0.25, -0.2) is 0 Å². The number of hydrogen-bond donors (Lipinski definition) is 1. The zero-order valence-electron chi connectivity index (χ0n) is 4.99. The number of aliphatic hydroxyl groups is 1. The molecule has 0 aromatic heterocycles. The van der Waals surface area contributed by atoms with Crippen molar-refractivity contribution >= 4 is 23.2 Å². The van der Waals surface area contributed by atoms with Crippen LogP contribution in [0.1, 0.15) is 20.3 Å². The fourth-order valence-corrected chi connectivity index (χ4v) is 0.965. The average molecular weight is 157 g/mol. The van der Waals surface area contributed by atoms with Gasteiger partial charge in [-0.2, -0.15) is 0 Å². The number of halogens is 2. The second-order valence-corrected chi connectivity index (χ2v) is 3.99. The summed E-state index contributed by atoms with van der Waals surface area (Å²) >= 11 is 11.1. The maximum absolute atomic E-state index is 8.72. The van der Waals surface area contributed by atoms with E-state index in [0.29, 0.717) is 6.42 Å². The SMILES string of the molecule is CC(O)CC(C)(Cl)Cl. The lowest BCUT2D eigenvalue weighted by atomic mass is 10.2. The van der Waals surface area contributed by atoms with E-state index < -0.39 is 10.4 Å². The van der Waals surface area contributed by atoms with E-state index in [9.17, 15) is 0 Å². The summed E-state index contributed by atoms with van der Waals surface area (Å²) in [6.07, 6.45) is -0.00849. The maximum atomic E-state index is 8.72. The molecule has 0 bridgehead atoms. The van der Waals surface area contributed by atoms with Crippen molar-refractivity contribution in [3.05, 3.63) is 0 Å². The Balaban J connectivity index is 3.39. The summed E-state index contributed by atoms with van der Waals surface area (Å²) in [6.45, 7) is 3.31. The van der Waals surface area contributed by atoms with Gasteiger partial charge in [0.15, 0.2) is 0 Å². The molecule has 3 heteroatoms. The molecular weight excluding hydrogens is 147 g/mol. The fourth-order valence-electron chi connectivity index (χ4n) is 0.519. The lowest BCUT2D eigenvalue weighted by Gasteiger charge is -2.13. The molecule has 0 aromatic rings. The van der Waals surface area contributed by atoms with E-state index in [4.69, 9.17) is 28.3 Å². The molecule has 1 N–H and O–H groups in total. The molecular formula is C5H10Cl2O. The maximum Gasteiger partial charge on any atom is 0.118 e. The Morgan fingerprint density at radius 2 is 2.00 bits per heavy atom. The van der Waals surface area contributed by atoms with Crippen LogP contribution in [-0.4, -0.2) is 15.5 Å². The molecule has 0 aliphatic heterocycles. The van der Waals surface area contributed by atoms with E-state index >= 15 is 0 Å². The Morgan fingerprint density at radius 3 is 2.00 bits per heavy atom. The van der Waals surface area contributed by atoms with Gasteiger partial charge in [-0.3, -0.25) is 0 Å². The van der Waals surface area contributed by atoms with Crippen LogP contribution < -0.4 is 0 Å². The molecule has 0 rings (SSSR count). The first-order chi connectivity index (χ1) is 3.42. The third-order valence-corrected chi connectivity index (χ3v) is 0.962. The van der Waals surface area contributed by atoms with E-state index in [1.807, 2.05) is 0 Å². The summed E-state index contributed by atoms with van der Waals surface area (Å²) in [7, 11) is 0. The molecule has 1 nitrogen and oxygen atoms in total. The van der Waals surface area contributed by atoms with Crippen LogP contribution in [0.4, 0.5) is 0 Å². The highest BCUT2D eigenvalue weighted by molar-refractivity contribution is 6.48. The van der Waals surface area contributed by atoms with Crippen molar-refractivity contribution in [1.29, 1.82) is 0 Å².